The number of hydrogen-bond donors (Lipinski definition) is 0. The number of allylic oxidation sites excluding steroid dienone is 2. The van der Waals surface area contributed by atoms with Gasteiger partial charge in [0.2, 0.25) is 0 Å². The van der Waals surface area contributed by atoms with Crippen molar-refractivity contribution in [1.82, 2.24) is 0 Å². The van der Waals surface area contributed by atoms with Crippen molar-refractivity contribution in [2.75, 3.05) is 0 Å². The summed E-state index contributed by atoms with van der Waals surface area (Å²) in [4.78, 5) is -6.53. The van der Waals surface area contributed by atoms with Gasteiger partial charge < -0.3 is 4.74 Å². The molecule has 1 aliphatic heterocycles. The lowest BCUT2D eigenvalue weighted by Crippen LogP contribution is -2.51. The number of fused-ring (bicyclic) bond motifs is 11. The van der Waals surface area contributed by atoms with Gasteiger partial charge >= 0.3 is 0 Å². The molecular weight excluding hydrogens is 610 g/mol. The van der Waals surface area contributed by atoms with Gasteiger partial charge in [-0.15, -0.1) is 46.4 Å². The van der Waals surface area contributed by atoms with Crippen LogP contribution in [0.2, 0.25) is 0 Å². The fraction of sp³-hybridized carbons (Fsp3) is 0.714. The normalized spacial score (nSPS) is 59.1. The first-order valence-electron chi connectivity index (χ1n) is 7.39. The van der Waals surface area contributed by atoms with Crippen LogP contribution in [0.3, 0.4) is 0 Å². The Hall–Kier alpha value is 2.92. The minimum atomic E-state index is -1.81. The highest BCUT2D eigenvalue weighted by atomic mass is 35.5. The summed E-state index contributed by atoms with van der Waals surface area (Å²) >= 11 is 79.6. The van der Waals surface area contributed by atoms with Crippen LogP contribution in [0, 0.1) is 11.8 Å². The molecule has 27 heavy (non-hydrogen) atoms. The van der Waals surface area contributed by atoms with Crippen LogP contribution in [0.1, 0.15) is 0 Å². The number of hydrogen-bond acceptors (Lipinski definition) is 1. The molecule has 2 saturated carbocycles. The van der Waals surface area contributed by atoms with Gasteiger partial charge in [-0.3, -0.25) is 0 Å². The van der Waals surface area contributed by atoms with Crippen molar-refractivity contribution in [3.05, 3.63) is 20.1 Å². The molecule has 3 fully saturated rings. The zero-order valence-corrected chi connectivity index (χ0v) is 21.3. The summed E-state index contributed by atoms with van der Waals surface area (Å²) in [5.74, 6) is -1.50. The fourth-order valence-corrected chi connectivity index (χ4v) is 11.2. The lowest BCUT2D eigenvalue weighted by molar-refractivity contribution is 0.0144. The maximum atomic E-state index is 6.93. The standard InChI is InChI=1S/C14H4Cl12O/c15-3-5(17)11(21)7-1(9(3,19)13(11,23)24)2-8(27-7)12(22)6(18)4(16)10(2,20)14(12,25)26/h1-2,7-8H/t1-,2+,7-,8+,9-,10+,11+,12-. The first kappa shape index (κ1) is 21.7. The van der Waals surface area contributed by atoms with E-state index in [1.807, 2.05) is 0 Å². The molecule has 0 amide bonds. The number of rotatable bonds is 0. The molecule has 13 heteroatoms. The van der Waals surface area contributed by atoms with Crippen molar-refractivity contribution in [1.29, 1.82) is 0 Å². The average molecular weight is 614 g/mol. The van der Waals surface area contributed by atoms with Gasteiger partial charge in [0.1, 0.15) is 19.5 Å². The summed E-state index contributed by atoms with van der Waals surface area (Å²) < 4.78 is 2.57. The molecule has 0 N–H and O–H groups in total. The zero-order valence-electron chi connectivity index (χ0n) is 12.3. The highest BCUT2D eigenvalue weighted by Crippen LogP contribution is 2.85. The maximum Gasteiger partial charge on any atom is 0.169 e. The van der Waals surface area contributed by atoms with Crippen molar-refractivity contribution >= 4 is 139 Å². The summed E-state index contributed by atoms with van der Waals surface area (Å²) in [7, 11) is 0. The Bertz CT molecular complexity index is 811. The van der Waals surface area contributed by atoms with Crippen LogP contribution in [-0.2, 0) is 4.74 Å². The van der Waals surface area contributed by atoms with Gasteiger partial charge in [0.15, 0.2) is 8.67 Å². The van der Waals surface area contributed by atoms with E-state index in [1.165, 1.54) is 0 Å². The maximum absolute atomic E-state index is 6.93. The number of halogens is 12. The van der Waals surface area contributed by atoms with Crippen LogP contribution < -0.4 is 0 Å². The lowest BCUT2D eigenvalue weighted by Gasteiger charge is -2.41. The van der Waals surface area contributed by atoms with Gasteiger partial charge in [-0.1, -0.05) is 92.8 Å². The Kier molecular flexibility index (Phi) is 4.44. The van der Waals surface area contributed by atoms with E-state index in [0.29, 0.717) is 0 Å². The zero-order chi connectivity index (χ0) is 20.3. The van der Waals surface area contributed by atoms with E-state index < -0.39 is 52.2 Å². The Morgan fingerprint density at radius 3 is 1.04 bits per heavy atom. The molecule has 1 saturated heterocycles. The molecule has 150 valence electrons. The monoisotopic (exact) mass is 608 g/mol. The van der Waals surface area contributed by atoms with Crippen molar-refractivity contribution in [3.8, 4) is 0 Å². The molecule has 1 heterocycles. The van der Waals surface area contributed by atoms with Crippen molar-refractivity contribution in [3.63, 3.8) is 0 Å². The van der Waals surface area contributed by atoms with E-state index in [0.717, 1.165) is 0 Å². The third-order valence-corrected chi connectivity index (χ3v) is 15.0. The van der Waals surface area contributed by atoms with Gasteiger partial charge in [0, 0.05) is 11.8 Å². The van der Waals surface area contributed by atoms with E-state index in [9.17, 15) is 0 Å². The van der Waals surface area contributed by atoms with Crippen molar-refractivity contribution in [2.45, 2.75) is 40.4 Å². The van der Waals surface area contributed by atoms with Crippen molar-refractivity contribution in [2.24, 2.45) is 11.8 Å². The third kappa shape index (κ3) is 1.70. The third-order valence-electron chi connectivity index (χ3n) is 6.53. The molecular formula is C14H4Cl12O. The predicted octanol–water partition coefficient (Wildman–Crippen LogP) is 7.68. The summed E-state index contributed by atoms with van der Waals surface area (Å²) in [6, 6.07) is 0. The van der Waals surface area contributed by atoms with E-state index in [-0.39, 0.29) is 20.1 Å². The SMILES string of the molecule is ClC1=C(Cl)[C@@]2(Cl)[C@H]3O[C@@H]4[C@@H]([C@@H]3[C@@]1(Cl)C2(Cl)Cl)[C@@]1(Cl)C(Cl)=C(Cl)[C@@]4(Cl)C1(Cl)Cl. The molecule has 5 aliphatic rings. The molecule has 5 rings (SSSR count). The van der Waals surface area contributed by atoms with Crippen LogP contribution in [0.15, 0.2) is 20.1 Å². The smallest absolute Gasteiger partial charge is 0.169 e. The van der Waals surface area contributed by atoms with Crippen LogP contribution >= 0.6 is 139 Å². The molecule has 4 bridgehead atoms. The van der Waals surface area contributed by atoms with E-state index in [2.05, 4.69) is 0 Å². The Morgan fingerprint density at radius 2 is 0.741 bits per heavy atom. The number of ether oxygens (including phenoxy) is 1. The van der Waals surface area contributed by atoms with E-state index >= 15 is 0 Å². The van der Waals surface area contributed by atoms with E-state index in [1.54, 1.807) is 0 Å². The Balaban J connectivity index is 1.80. The molecule has 0 radical (unpaired) electrons. The van der Waals surface area contributed by atoms with Gasteiger partial charge in [-0.25, -0.2) is 0 Å². The van der Waals surface area contributed by atoms with Crippen molar-refractivity contribution < 1.29 is 4.74 Å². The summed E-state index contributed by atoms with van der Waals surface area (Å²) in [6.07, 6.45) is -1.77. The van der Waals surface area contributed by atoms with Crippen LogP contribution in [0.4, 0.5) is 0 Å². The highest BCUT2D eigenvalue weighted by Gasteiger charge is 2.94. The molecule has 4 aliphatic carbocycles. The van der Waals surface area contributed by atoms with Gasteiger partial charge in [-0.05, 0) is 0 Å². The second-order valence-corrected chi connectivity index (χ2v) is 13.8. The first-order valence-corrected chi connectivity index (χ1v) is 11.9. The molecule has 0 aromatic heterocycles. The fourth-order valence-electron chi connectivity index (χ4n) is 5.34. The molecule has 0 aromatic carbocycles. The highest BCUT2D eigenvalue weighted by molar-refractivity contribution is 6.67. The summed E-state index contributed by atoms with van der Waals surface area (Å²) in [6.45, 7) is 0. The quantitative estimate of drug-likeness (QED) is 0.255. The van der Waals surface area contributed by atoms with Crippen LogP contribution in [0.5, 0.6) is 0 Å². The van der Waals surface area contributed by atoms with Crippen LogP contribution in [-0.4, -0.2) is 40.4 Å². The molecule has 0 aromatic rings. The Morgan fingerprint density at radius 1 is 0.481 bits per heavy atom. The largest absolute Gasteiger partial charge is 0.370 e. The molecule has 0 spiro atoms. The predicted molar refractivity (Wildman–Crippen MR) is 116 cm³/mol. The number of alkyl halides is 8. The Labute approximate surface area is 214 Å². The van der Waals surface area contributed by atoms with Crippen LogP contribution in [0.25, 0.3) is 0 Å². The second kappa shape index (κ2) is 5.52. The van der Waals surface area contributed by atoms with Gasteiger partial charge in [0.05, 0.1) is 32.3 Å². The lowest BCUT2D eigenvalue weighted by atomic mass is 9.74. The second-order valence-electron chi connectivity index (χ2n) is 7.28. The topological polar surface area (TPSA) is 9.23 Å². The first-order chi connectivity index (χ1) is 12.1. The average Bonchev–Trinajstić information content (AvgIpc) is 3.16. The van der Waals surface area contributed by atoms with Gasteiger partial charge in [0.25, 0.3) is 0 Å². The summed E-state index contributed by atoms with van der Waals surface area (Å²) in [5.41, 5.74) is 0. The minimum absolute atomic E-state index is 0.000174. The summed E-state index contributed by atoms with van der Waals surface area (Å²) in [5, 5.41) is 0.00695. The molecule has 1 nitrogen and oxygen atoms in total. The molecule has 8 atom stereocenters. The van der Waals surface area contributed by atoms with E-state index in [4.69, 9.17) is 144 Å². The van der Waals surface area contributed by atoms with Gasteiger partial charge in [-0.2, -0.15) is 0 Å². The minimum Gasteiger partial charge on any atom is -0.370 e. The molecule has 0 unspecified atom stereocenters.